The molecule has 5 N–H and O–H groups in total. The first-order valence-corrected chi connectivity index (χ1v) is 10.7. The summed E-state index contributed by atoms with van der Waals surface area (Å²) in [6, 6.07) is 1.46. The van der Waals surface area contributed by atoms with Crippen LogP contribution in [0.5, 0.6) is 0 Å². The second kappa shape index (κ2) is 11.3. The van der Waals surface area contributed by atoms with E-state index in [1.165, 1.54) is 16.8 Å². The van der Waals surface area contributed by atoms with Crippen LogP contribution < -0.4 is 17.2 Å². The minimum atomic E-state index is -4.56. The number of carbonyl (C=O) groups excluding carboxylic acids is 2. The Balaban J connectivity index is 1.74. The number of hydrogen-bond acceptors (Lipinski definition) is 12. The molecule has 0 aromatic carbocycles. The second-order valence-electron chi connectivity index (χ2n) is 6.63. The van der Waals surface area contributed by atoms with Crippen molar-refractivity contribution in [3.63, 3.8) is 0 Å². The van der Waals surface area contributed by atoms with Gasteiger partial charge in [0.2, 0.25) is 6.79 Å². The lowest BCUT2D eigenvalue weighted by Gasteiger charge is -2.18. The van der Waals surface area contributed by atoms with E-state index >= 15 is 0 Å². The maximum absolute atomic E-state index is 12.0. The summed E-state index contributed by atoms with van der Waals surface area (Å²) in [5.74, 6) is -1.69. The Morgan fingerprint density at radius 1 is 1.35 bits per heavy atom. The summed E-state index contributed by atoms with van der Waals surface area (Å²) < 4.78 is 37.4. The number of ether oxygens (including phenoxy) is 3. The first kappa shape index (κ1) is 24.9. The largest absolute Gasteiger partial charge is 0.475 e. The minimum Gasteiger partial charge on any atom is -0.454 e. The molecule has 4 atom stereocenters. The molecule has 0 aliphatic carbocycles. The van der Waals surface area contributed by atoms with Gasteiger partial charge in [0.15, 0.2) is 6.61 Å². The Kier molecular flexibility index (Phi) is 9.10. The number of esters is 2. The van der Waals surface area contributed by atoms with Crippen LogP contribution >= 0.6 is 7.82 Å². The summed E-state index contributed by atoms with van der Waals surface area (Å²) in [5.41, 5.74) is 10.0. The molecule has 2 heterocycles. The van der Waals surface area contributed by atoms with Crippen molar-refractivity contribution in [3.8, 4) is 0 Å². The van der Waals surface area contributed by atoms with Gasteiger partial charge in [-0.15, -0.1) is 0 Å². The lowest BCUT2D eigenvalue weighted by molar-refractivity contribution is -0.163. The number of anilines is 1. The fourth-order valence-electron chi connectivity index (χ4n) is 2.73. The molecule has 31 heavy (non-hydrogen) atoms. The molecule has 1 fully saturated rings. The molecular weight excluding hydrogens is 439 g/mol. The van der Waals surface area contributed by atoms with E-state index in [1.807, 2.05) is 6.92 Å². The average molecular weight is 464 g/mol. The number of carbonyl (C=O) groups is 2. The lowest BCUT2D eigenvalue weighted by Crippen LogP contribution is -2.29. The standard InChI is InChI=1S/C16H25N4O10P/c1-10-6-11(30-15(10)20-5-3-12(18)19-16(20)23)7-28-31(24,25)29-9-27-14(22)8-26-13(21)2-4-17/h3,5,10-11,15H,2,4,6-9,17H2,1H3,(H,24,25)(H2,18,19,23)/t10-,11?,15?/m0/s1. The Bertz CT molecular complexity index is 878. The Hall–Kier alpha value is -2.35. The van der Waals surface area contributed by atoms with Crippen LogP contribution in [-0.2, 0) is 37.4 Å². The first-order chi connectivity index (χ1) is 14.6. The fourth-order valence-corrected chi connectivity index (χ4v) is 3.34. The molecule has 3 unspecified atom stereocenters. The molecule has 15 heteroatoms. The highest BCUT2D eigenvalue weighted by Gasteiger charge is 2.36. The number of hydrogen-bond donors (Lipinski definition) is 3. The van der Waals surface area contributed by atoms with Gasteiger partial charge >= 0.3 is 25.5 Å². The van der Waals surface area contributed by atoms with E-state index < -0.39 is 51.2 Å². The lowest BCUT2D eigenvalue weighted by atomic mass is 10.1. The summed E-state index contributed by atoms with van der Waals surface area (Å²) in [6.07, 6.45) is 0.589. The van der Waals surface area contributed by atoms with Gasteiger partial charge in [0.25, 0.3) is 0 Å². The Labute approximate surface area is 177 Å². The first-order valence-electron chi connectivity index (χ1n) is 9.24. The highest BCUT2D eigenvalue weighted by atomic mass is 31.2. The summed E-state index contributed by atoms with van der Waals surface area (Å²) in [6.45, 7) is 0.0179. The third-order valence-electron chi connectivity index (χ3n) is 4.14. The molecular formula is C16H25N4O10P. The third-order valence-corrected chi connectivity index (χ3v) is 5.04. The third kappa shape index (κ3) is 8.01. The van der Waals surface area contributed by atoms with Gasteiger partial charge in [-0.3, -0.25) is 13.9 Å². The van der Waals surface area contributed by atoms with Gasteiger partial charge in [-0.2, -0.15) is 4.98 Å². The molecule has 0 spiro atoms. The van der Waals surface area contributed by atoms with E-state index in [2.05, 4.69) is 19.0 Å². The SMILES string of the molecule is C[C@H]1CC(COP(=O)(O)OCOC(=O)COC(=O)CCN)OC1n1ccc(N)nc1=O. The Morgan fingerprint density at radius 2 is 2.10 bits per heavy atom. The molecule has 1 aromatic heterocycles. The van der Waals surface area contributed by atoms with Crippen LogP contribution in [0.3, 0.4) is 0 Å². The van der Waals surface area contributed by atoms with Crippen LogP contribution in [0.15, 0.2) is 17.1 Å². The van der Waals surface area contributed by atoms with E-state index in [0.29, 0.717) is 6.42 Å². The zero-order valence-electron chi connectivity index (χ0n) is 16.7. The summed E-state index contributed by atoms with van der Waals surface area (Å²) in [5, 5.41) is 0. The van der Waals surface area contributed by atoms with Crippen molar-refractivity contribution in [2.24, 2.45) is 11.7 Å². The van der Waals surface area contributed by atoms with Gasteiger partial charge in [0, 0.05) is 18.7 Å². The molecule has 14 nitrogen and oxygen atoms in total. The molecule has 1 saturated heterocycles. The molecule has 1 aliphatic rings. The molecule has 2 rings (SSSR count). The predicted octanol–water partition coefficient (Wildman–Crippen LogP) is -0.725. The van der Waals surface area contributed by atoms with Crippen molar-refractivity contribution in [1.29, 1.82) is 0 Å². The van der Waals surface area contributed by atoms with E-state index in [4.69, 9.17) is 20.7 Å². The maximum atomic E-state index is 12.0. The van der Waals surface area contributed by atoms with E-state index in [-0.39, 0.29) is 31.3 Å². The second-order valence-corrected chi connectivity index (χ2v) is 8.08. The van der Waals surface area contributed by atoms with Crippen molar-refractivity contribution in [3.05, 3.63) is 22.7 Å². The normalized spacial score (nSPS) is 22.6. The van der Waals surface area contributed by atoms with Crippen LogP contribution in [-0.4, -0.2) is 59.0 Å². The van der Waals surface area contributed by atoms with E-state index in [1.54, 1.807) is 0 Å². The quantitative estimate of drug-likeness (QED) is 0.210. The summed E-state index contributed by atoms with van der Waals surface area (Å²) in [4.78, 5) is 47.7. The van der Waals surface area contributed by atoms with Gasteiger partial charge in [-0.25, -0.2) is 18.7 Å². The van der Waals surface area contributed by atoms with Crippen LogP contribution in [0.1, 0.15) is 26.0 Å². The average Bonchev–Trinajstić information content (AvgIpc) is 3.05. The van der Waals surface area contributed by atoms with Gasteiger partial charge in [0.1, 0.15) is 12.0 Å². The van der Waals surface area contributed by atoms with Gasteiger partial charge in [0.05, 0.1) is 19.1 Å². The molecule has 0 amide bonds. The smallest absolute Gasteiger partial charge is 0.454 e. The molecule has 1 aliphatic heterocycles. The number of aromatic nitrogens is 2. The minimum absolute atomic E-state index is 0.0599. The van der Waals surface area contributed by atoms with E-state index in [0.717, 1.165) is 0 Å². The van der Waals surface area contributed by atoms with Gasteiger partial charge < -0.3 is 30.6 Å². The van der Waals surface area contributed by atoms with E-state index in [9.17, 15) is 23.8 Å². The van der Waals surface area contributed by atoms with Crippen molar-refractivity contribution >= 4 is 25.6 Å². The molecule has 1 aromatic rings. The zero-order valence-corrected chi connectivity index (χ0v) is 17.6. The zero-order chi connectivity index (χ0) is 23.0. The van der Waals surface area contributed by atoms with Crippen LogP contribution in [0, 0.1) is 5.92 Å². The fraction of sp³-hybridized carbons (Fsp3) is 0.625. The number of phosphoric acid groups is 1. The molecule has 0 saturated carbocycles. The Morgan fingerprint density at radius 3 is 2.77 bits per heavy atom. The highest BCUT2D eigenvalue weighted by molar-refractivity contribution is 7.47. The van der Waals surface area contributed by atoms with Crippen molar-refractivity contribution in [2.75, 3.05) is 32.3 Å². The number of nitrogen functional groups attached to an aromatic ring is 1. The number of phosphoric ester groups is 1. The topological polar surface area (TPSA) is 205 Å². The number of nitrogens with zero attached hydrogens (tertiary/aromatic N) is 2. The van der Waals surface area contributed by atoms with Crippen LogP contribution in [0.25, 0.3) is 0 Å². The molecule has 0 bridgehead atoms. The summed E-state index contributed by atoms with van der Waals surface area (Å²) >= 11 is 0. The monoisotopic (exact) mass is 464 g/mol. The summed E-state index contributed by atoms with van der Waals surface area (Å²) in [7, 11) is -4.56. The van der Waals surface area contributed by atoms with Gasteiger partial charge in [-0.05, 0) is 12.5 Å². The number of rotatable bonds is 11. The molecule has 0 radical (unpaired) electrons. The highest BCUT2D eigenvalue weighted by Crippen LogP contribution is 2.44. The predicted molar refractivity (Wildman–Crippen MR) is 103 cm³/mol. The van der Waals surface area contributed by atoms with Crippen LogP contribution in [0.4, 0.5) is 5.82 Å². The van der Waals surface area contributed by atoms with Crippen molar-refractivity contribution in [2.45, 2.75) is 32.1 Å². The van der Waals surface area contributed by atoms with Crippen molar-refractivity contribution < 1.29 is 42.3 Å². The van der Waals surface area contributed by atoms with Crippen LogP contribution in [0.2, 0.25) is 0 Å². The van der Waals surface area contributed by atoms with Crippen molar-refractivity contribution in [1.82, 2.24) is 9.55 Å². The number of nitrogens with two attached hydrogens (primary N) is 2. The van der Waals surface area contributed by atoms with Gasteiger partial charge in [-0.1, -0.05) is 6.92 Å². The maximum Gasteiger partial charge on any atom is 0.475 e. The molecule has 174 valence electrons.